The summed E-state index contributed by atoms with van der Waals surface area (Å²) >= 11 is 0. The maximum absolute atomic E-state index is 9.18. The highest BCUT2D eigenvalue weighted by atomic mass is 16.7. The fraction of sp³-hybridized carbons (Fsp3) is 0.571. The van der Waals surface area contributed by atoms with Crippen molar-refractivity contribution in [1.29, 1.82) is 0 Å². The Balaban J connectivity index is 1.94. The Morgan fingerprint density at radius 2 is 2.11 bits per heavy atom. The van der Waals surface area contributed by atoms with Crippen molar-refractivity contribution in [1.82, 2.24) is 0 Å². The Labute approximate surface area is 107 Å². The highest BCUT2D eigenvalue weighted by molar-refractivity contribution is 5.33. The third-order valence-corrected chi connectivity index (χ3v) is 3.02. The van der Waals surface area contributed by atoms with E-state index in [4.69, 9.17) is 14.2 Å². The average Bonchev–Trinajstić information content (AvgIpc) is 2.45. The summed E-state index contributed by atoms with van der Waals surface area (Å²) in [6, 6.07) is 5.66. The molecule has 1 unspecified atom stereocenters. The summed E-state index contributed by atoms with van der Waals surface area (Å²) in [5, 5.41) is 9.18. The SMILES string of the molecule is COc1cc(CO)cc(COC2CCCCO2)c1. The van der Waals surface area contributed by atoms with Gasteiger partial charge in [-0.2, -0.15) is 0 Å². The molecule has 4 nitrogen and oxygen atoms in total. The molecule has 1 heterocycles. The van der Waals surface area contributed by atoms with E-state index >= 15 is 0 Å². The van der Waals surface area contributed by atoms with Crippen LogP contribution in [0.15, 0.2) is 18.2 Å². The van der Waals surface area contributed by atoms with Crippen molar-refractivity contribution in [3.8, 4) is 5.75 Å². The predicted molar refractivity (Wildman–Crippen MR) is 67.3 cm³/mol. The maximum atomic E-state index is 9.18. The van der Waals surface area contributed by atoms with E-state index in [1.165, 1.54) is 0 Å². The van der Waals surface area contributed by atoms with E-state index in [1.807, 2.05) is 18.2 Å². The molecule has 0 aliphatic carbocycles. The maximum Gasteiger partial charge on any atom is 0.158 e. The Kier molecular flexibility index (Phi) is 4.99. The predicted octanol–water partition coefficient (Wildman–Crippen LogP) is 2.23. The number of aliphatic hydroxyl groups is 1. The zero-order valence-corrected chi connectivity index (χ0v) is 10.7. The number of rotatable bonds is 5. The molecule has 0 spiro atoms. The van der Waals surface area contributed by atoms with E-state index in [9.17, 15) is 5.11 Å². The van der Waals surface area contributed by atoms with E-state index in [-0.39, 0.29) is 12.9 Å². The number of methoxy groups -OCH3 is 1. The number of benzene rings is 1. The summed E-state index contributed by atoms with van der Waals surface area (Å²) in [7, 11) is 1.62. The van der Waals surface area contributed by atoms with Crippen LogP contribution in [-0.4, -0.2) is 25.1 Å². The van der Waals surface area contributed by atoms with Crippen molar-refractivity contribution >= 4 is 0 Å². The second kappa shape index (κ2) is 6.73. The molecule has 100 valence electrons. The minimum absolute atomic E-state index is 0.00410. The van der Waals surface area contributed by atoms with Crippen LogP contribution in [0.1, 0.15) is 30.4 Å². The summed E-state index contributed by atoms with van der Waals surface area (Å²) < 4.78 is 16.4. The first-order chi connectivity index (χ1) is 8.81. The first kappa shape index (κ1) is 13.3. The zero-order valence-electron chi connectivity index (χ0n) is 10.7. The van der Waals surface area contributed by atoms with Crippen molar-refractivity contribution in [2.75, 3.05) is 13.7 Å². The van der Waals surface area contributed by atoms with Gasteiger partial charge in [0.05, 0.1) is 20.3 Å². The quantitative estimate of drug-likeness (QED) is 0.873. The zero-order chi connectivity index (χ0) is 12.8. The molecular formula is C14H20O4. The van der Waals surface area contributed by atoms with Gasteiger partial charge in [0.15, 0.2) is 6.29 Å². The lowest BCUT2D eigenvalue weighted by molar-refractivity contribution is -0.168. The first-order valence-corrected chi connectivity index (χ1v) is 6.32. The molecule has 1 fully saturated rings. The minimum atomic E-state index is -0.0949. The van der Waals surface area contributed by atoms with Crippen molar-refractivity contribution < 1.29 is 19.3 Å². The van der Waals surface area contributed by atoms with Gasteiger partial charge in [0.2, 0.25) is 0 Å². The smallest absolute Gasteiger partial charge is 0.158 e. The van der Waals surface area contributed by atoms with Crippen LogP contribution in [0.5, 0.6) is 5.75 Å². The molecule has 1 aliphatic rings. The normalized spacial score (nSPS) is 19.8. The van der Waals surface area contributed by atoms with Gasteiger partial charge in [0, 0.05) is 6.61 Å². The Morgan fingerprint density at radius 3 is 2.78 bits per heavy atom. The Hall–Kier alpha value is -1.10. The number of aliphatic hydroxyl groups excluding tert-OH is 1. The van der Waals surface area contributed by atoms with Crippen LogP contribution in [0.3, 0.4) is 0 Å². The van der Waals surface area contributed by atoms with E-state index in [0.717, 1.165) is 42.7 Å². The highest BCUT2D eigenvalue weighted by Crippen LogP contribution is 2.20. The van der Waals surface area contributed by atoms with Gasteiger partial charge in [-0.3, -0.25) is 0 Å². The molecule has 0 aromatic heterocycles. The van der Waals surface area contributed by atoms with Crippen LogP contribution >= 0.6 is 0 Å². The van der Waals surface area contributed by atoms with Crippen LogP contribution in [-0.2, 0) is 22.7 Å². The standard InChI is InChI=1S/C14H20O4/c1-16-13-7-11(9-15)6-12(8-13)10-18-14-4-2-3-5-17-14/h6-8,14-15H,2-5,9-10H2,1H3. The molecule has 1 aromatic rings. The van der Waals surface area contributed by atoms with E-state index in [2.05, 4.69) is 0 Å². The molecule has 1 aromatic carbocycles. The lowest BCUT2D eigenvalue weighted by atomic mass is 10.1. The van der Waals surface area contributed by atoms with Gasteiger partial charge in [0.1, 0.15) is 5.75 Å². The van der Waals surface area contributed by atoms with Crippen molar-refractivity contribution in [3.63, 3.8) is 0 Å². The van der Waals surface area contributed by atoms with Crippen LogP contribution in [0.2, 0.25) is 0 Å². The molecule has 1 aliphatic heterocycles. The van der Waals surface area contributed by atoms with Crippen LogP contribution in [0.4, 0.5) is 0 Å². The summed E-state index contributed by atoms with van der Waals surface area (Å²) in [4.78, 5) is 0. The Bertz CT molecular complexity index is 350. The van der Waals surface area contributed by atoms with Gasteiger partial charge >= 0.3 is 0 Å². The van der Waals surface area contributed by atoms with Crippen molar-refractivity contribution in [2.45, 2.75) is 38.8 Å². The van der Waals surface area contributed by atoms with Gasteiger partial charge in [-0.25, -0.2) is 0 Å². The first-order valence-electron chi connectivity index (χ1n) is 6.32. The fourth-order valence-electron chi connectivity index (χ4n) is 2.05. The largest absolute Gasteiger partial charge is 0.497 e. The molecule has 0 radical (unpaired) electrons. The van der Waals surface area contributed by atoms with Gasteiger partial charge < -0.3 is 19.3 Å². The van der Waals surface area contributed by atoms with Gasteiger partial charge in [0.25, 0.3) is 0 Å². The molecule has 1 N–H and O–H groups in total. The molecule has 0 amide bonds. The number of hydrogen-bond donors (Lipinski definition) is 1. The third-order valence-electron chi connectivity index (χ3n) is 3.02. The number of hydrogen-bond acceptors (Lipinski definition) is 4. The Morgan fingerprint density at radius 1 is 1.28 bits per heavy atom. The fourth-order valence-corrected chi connectivity index (χ4v) is 2.05. The summed E-state index contributed by atoms with van der Waals surface area (Å²) in [5.41, 5.74) is 1.82. The molecule has 4 heteroatoms. The molecule has 0 saturated carbocycles. The third kappa shape index (κ3) is 3.70. The summed E-state index contributed by atoms with van der Waals surface area (Å²) in [6.45, 7) is 1.27. The van der Waals surface area contributed by atoms with E-state index in [0.29, 0.717) is 6.61 Å². The van der Waals surface area contributed by atoms with Crippen LogP contribution < -0.4 is 4.74 Å². The monoisotopic (exact) mass is 252 g/mol. The molecule has 18 heavy (non-hydrogen) atoms. The topological polar surface area (TPSA) is 47.9 Å². The molecule has 2 rings (SSSR count). The second-order valence-corrected chi connectivity index (χ2v) is 4.45. The molecule has 1 saturated heterocycles. The average molecular weight is 252 g/mol. The minimum Gasteiger partial charge on any atom is -0.497 e. The van der Waals surface area contributed by atoms with E-state index in [1.54, 1.807) is 7.11 Å². The van der Waals surface area contributed by atoms with Gasteiger partial charge in [-0.15, -0.1) is 0 Å². The second-order valence-electron chi connectivity index (χ2n) is 4.45. The van der Waals surface area contributed by atoms with Crippen LogP contribution in [0.25, 0.3) is 0 Å². The molecule has 0 bridgehead atoms. The van der Waals surface area contributed by atoms with Gasteiger partial charge in [-0.1, -0.05) is 6.07 Å². The lowest BCUT2D eigenvalue weighted by Crippen LogP contribution is -2.22. The van der Waals surface area contributed by atoms with Crippen molar-refractivity contribution in [3.05, 3.63) is 29.3 Å². The van der Waals surface area contributed by atoms with E-state index < -0.39 is 0 Å². The van der Waals surface area contributed by atoms with Crippen LogP contribution in [0, 0.1) is 0 Å². The number of ether oxygens (including phenoxy) is 3. The van der Waals surface area contributed by atoms with Gasteiger partial charge in [-0.05, 0) is 42.5 Å². The summed E-state index contributed by atoms with van der Waals surface area (Å²) in [5.74, 6) is 0.740. The summed E-state index contributed by atoms with van der Waals surface area (Å²) in [6.07, 6.45) is 3.14. The van der Waals surface area contributed by atoms with Crippen molar-refractivity contribution in [2.24, 2.45) is 0 Å². The molecule has 1 atom stereocenters. The molecular weight excluding hydrogens is 232 g/mol. The lowest BCUT2D eigenvalue weighted by Gasteiger charge is -2.22. The highest BCUT2D eigenvalue weighted by Gasteiger charge is 2.14.